The normalized spacial score (nSPS) is 16.9. The minimum absolute atomic E-state index is 0.000962. The molecule has 1 atom stereocenters. The van der Waals surface area contributed by atoms with Gasteiger partial charge in [0.25, 0.3) is 5.91 Å². The van der Waals surface area contributed by atoms with Gasteiger partial charge in [-0.15, -0.1) is 0 Å². The van der Waals surface area contributed by atoms with Crippen LogP contribution in [0.3, 0.4) is 0 Å². The molecule has 3 rings (SSSR count). The van der Waals surface area contributed by atoms with E-state index in [4.69, 9.17) is 16.7 Å². The number of rotatable bonds is 4. The molecule has 2 aromatic carbocycles. The van der Waals surface area contributed by atoms with Crippen molar-refractivity contribution in [2.75, 3.05) is 13.1 Å². The number of nitrogens with zero attached hydrogens (tertiary/aromatic N) is 1. The standard InChI is InChI=1S/C19H17ClFNO3/c20-15-5-6-17(21)16(10-15)18(23)22-8-7-13(11-22)9-12-1-3-14(4-2-12)19(24)25/h1-6,10,13H,7-9,11H2,(H,24,25). The summed E-state index contributed by atoms with van der Waals surface area (Å²) in [5.41, 5.74) is 1.28. The highest BCUT2D eigenvalue weighted by atomic mass is 35.5. The summed E-state index contributed by atoms with van der Waals surface area (Å²) in [6, 6.07) is 10.7. The zero-order valence-electron chi connectivity index (χ0n) is 13.4. The number of hydrogen-bond acceptors (Lipinski definition) is 2. The Morgan fingerprint density at radius 1 is 1.20 bits per heavy atom. The first-order chi connectivity index (χ1) is 11.9. The topological polar surface area (TPSA) is 57.6 Å². The maximum atomic E-state index is 13.9. The van der Waals surface area contributed by atoms with Crippen molar-refractivity contribution in [3.8, 4) is 0 Å². The Balaban J connectivity index is 1.64. The molecule has 2 aromatic rings. The molecule has 0 spiro atoms. The van der Waals surface area contributed by atoms with Crippen LogP contribution in [0.1, 0.15) is 32.7 Å². The Kier molecular flexibility index (Phi) is 5.04. The van der Waals surface area contributed by atoms with E-state index in [0.29, 0.717) is 18.1 Å². The third-order valence-electron chi connectivity index (χ3n) is 4.46. The zero-order valence-corrected chi connectivity index (χ0v) is 14.2. The van der Waals surface area contributed by atoms with E-state index in [-0.39, 0.29) is 23.0 Å². The first-order valence-corrected chi connectivity index (χ1v) is 8.38. The van der Waals surface area contributed by atoms with Crippen LogP contribution < -0.4 is 0 Å². The molecule has 0 radical (unpaired) electrons. The molecule has 6 heteroatoms. The molecule has 0 bridgehead atoms. The van der Waals surface area contributed by atoms with Crippen molar-refractivity contribution < 1.29 is 19.1 Å². The molecule has 130 valence electrons. The number of amides is 1. The van der Waals surface area contributed by atoms with E-state index in [9.17, 15) is 14.0 Å². The molecule has 1 heterocycles. The number of aromatic carboxylic acids is 1. The van der Waals surface area contributed by atoms with Crippen LogP contribution in [-0.4, -0.2) is 35.0 Å². The molecular weight excluding hydrogens is 345 g/mol. The van der Waals surface area contributed by atoms with Gasteiger partial charge in [0.05, 0.1) is 11.1 Å². The number of carbonyl (C=O) groups is 2. The molecule has 1 aliphatic rings. The summed E-state index contributed by atoms with van der Waals surface area (Å²) in [7, 11) is 0. The van der Waals surface area contributed by atoms with E-state index in [1.807, 2.05) is 0 Å². The van der Waals surface area contributed by atoms with Gasteiger partial charge in [-0.3, -0.25) is 4.79 Å². The number of carbonyl (C=O) groups excluding carboxylic acids is 1. The zero-order chi connectivity index (χ0) is 18.0. The Bertz CT molecular complexity index is 807. The molecule has 0 aliphatic carbocycles. The second-order valence-electron chi connectivity index (χ2n) is 6.24. The van der Waals surface area contributed by atoms with Gasteiger partial charge in [0, 0.05) is 18.1 Å². The third kappa shape index (κ3) is 3.99. The highest BCUT2D eigenvalue weighted by molar-refractivity contribution is 6.31. The largest absolute Gasteiger partial charge is 0.478 e. The number of hydrogen-bond donors (Lipinski definition) is 1. The van der Waals surface area contributed by atoms with Gasteiger partial charge in [0.15, 0.2) is 0 Å². The van der Waals surface area contributed by atoms with Crippen molar-refractivity contribution in [2.24, 2.45) is 5.92 Å². The van der Waals surface area contributed by atoms with Crippen LogP contribution in [0.4, 0.5) is 4.39 Å². The van der Waals surface area contributed by atoms with E-state index in [1.54, 1.807) is 29.2 Å². The van der Waals surface area contributed by atoms with Crippen LogP contribution >= 0.6 is 11.6 Å². The van der Waals surface area contributed by atoms with E-state index in [2.05, 4.69) is 0 Å². The van der Waals surface area contributed by atoms with Gasteiger partial charge in [-0.1, -0.05) is 23.7 Å². The van der Waals surface area contributed by atoms with Gasteiger partial charge in [-0.25, -0.2) is 9.18 Å². The highest BCUT2D eigenvalue weighted by Crippen LogP contribution is 2.24. The summed E-state index contributed by atoms with van der Waals surface area (Å²) in [5, 5.41) is 9.25. The third-order valence-corrected chi connectivity index (χ3v) is 4.69. The van der Waals surface area contributed by atoms with Crippen LogP contribution in [0.15, 0.2) is 42.5 Å². The Morgan fingerprint density at radius 3 is 2.60 bits per heavy atom. The molecule has 1 aliphatic heterocycles. The van der Waals surface area contributed by atoms with E-state index >= 15 is 0 Å². The molecule has 0 aromatic heterocycles. The van der Waals surface area contributed by atoms with Gasteiger partial charge in [-0.2, -0.15) is 0 Å². The molecule has 4 nitrogen and oxygen atoms in total. The quantitative estimate of drug-likeness (QED) is 0.899. The predicted molar refractivity (Wildman–Crippen MR) is 92.5 cm³/mol. The van der Waals surface area contributed by atoms with Crippen molar-refractivity contribution in [3.63, 3.8) is 0 Å². The summed E-state index contributed by atoms with van der Waals surface area (Å²) in [5.74, 6) is -1.60. The van der Waals surface area contributed by atoms with Crippen LogP contribution in [0.25, 0.3) is 0 Å². The van der Waals surface area contributed by atoms with Gasteiger partial charge < -0.3 is 10.0 Å². The van der Waals surface area contributed by atoms with Crippen molar-refractivity contribution in [1.82, 2.24) is 4.90 Å². The molecule has 1 N–H and O–H groups in total. The van der Waals surface area contributed by atoms with Crippen LogP contribution in [0.5, 0.6) is 0 Å². The van der Waals surface area contributed by atoms with Gasteiger partial charge >= 0.3 is 5.97 Å². The summed E-state index contributed by atoms with van der Waals surface area (Å²) >= 11 is 5.86. The van der Waals surface area contributed by atoms with Crippen molar-refractivity contribution in [2.45, 2.75) is 12.8 Å². The second kappa shape index (κ2) is 7.23. The summed E-state index contributed by atoms with van der Waals surface area (Å²) in [6.45, 7) is 1.12. The van der Waals surface area contributed by atoms with Crippen LogP contribution in [0.2, 0.25) is 5.02 Å². The number of likely N-dealkylation sites (tertiary alicyclic amines) is 1. The van der Waals surface area contributed by atoms with Crippen molar-refractivity contribution >= 4 is 23.5 Å². The fourth-order valence-electron chi connectivity index (χ4n) is 3.13. The molecule has 25 heavy (non-hydrogen) atoms. The van der Waals surface area contributed by atoms with Crippen molar-refractivity contribution in [1.29, 1.82) is 0 Å². The van der Waals surface area contributed by atoms with Gasteiger partial charge in [0.2, 0.25) is 0 Å². The highest BCUT2D eigenvalue weighted by Gasteiger charge is 2.28. The molecule has 1 unspecified atom stereocenters. The average molecular weight is 362 g/mol. The van der Waals surface area contributed by atoms with Crippen molar-refractivity contribution in [3.05, 3.63) is 70.0 Å². The monoisotopic (exact) mass is 361 g/mol. The Hall–Kier alpha value is -2.40. The lowest BCUT2D eigenvalue weighted by Crippen LogP contribution is -2.29. The maximum absolute atomic E-state index is 13.9. The number of carboxylic acids is 1. The molecule has 0 saturated carbocycles. The Morgan fingerprint density at radius 2 is 1.92 bits per heavy atom. The van der Waals surface area contributed by atoms with Crippen LogP contribution in [-0.2, 0) is 6.42 Å². The average Bonchev–Trinajstić information content (AvgIpc) is 3.05. The number of benzene rings is 2. The smallest absolute Gasteiger partial charge is 0.335 e. The van der Waals surface area contributed by atoms with Gasteiger partial charge in [0.1, 0.15) is 5.82 Å². The molecule has 1 fully saturated rings. The number of halogens is 2. The molecule has 1 saturated heterocycles. The molecular formula is C19H17ClFNO3. The fourth-order valence-corrected chi connectivity index (χ4v) is 3.30. The summed E-state index contributed by atoms with van der Waals surface area (Å²) in [4.78, 5) is 25.0. The maximum Gasteiger partial charge on any atom is 0.335 e. The second-order valence-corrected chi connectivity index (χ2v) is 6.67. The Labute approximate surface area is 149 Å². The predicted octanol–water partition coefficient (Wildman–Crippen LogP) is 3.88. The minimum Gasteiger partial charge on any atom is -0.478 e. The lowest BCUT2D eigenvalue weighted by atomic mass is 9.98. The van der Waals surface area contributed by atoms with E-state index in [0.717, 1.165) is 18.4 Å². The first-order valence-electron chi connectivity index (χ1n) is 8.00. The lowest BCUT2D eigenvalue weighted by molar-refractivity contribution is 0.0696. The lowest BCUT2D eigenvalue weighted by Gasteiger charge is -2.17. The summed E-state index contributed by atoms with van der Waals surface area (Å²) < 4.78 is 13.9. The van der Waals surface area contributed by atoms with Crippen LogP contribution in [0, 0.1) is 11.7 Å². The van der Waals surface area contributed by atoms with Gasteiger partial charge in [-0.05, 0) is 54.7 Å². The summed E-state index contributed by atoms with van der Waals surface area (Å²) in [6.07, 6.45) is 1.58. The molecule has 1 amide bonds. The van der Waals surface area contributed by atoms with E-state index < -0.39 is 11.8 Å². The fraction of sp³-hybridized carbons (Fsp3) is 0.263. The minimum atomic E-state index is -0.951. The SMILES string of the molecule is O=C(O)c1ccc(CC2CCN(C(=O)c3cc(Cl)ccc3F)C2)cc1. The number of carboxylic acid groups (broad SMARTS) is 1. The van der Waals surface area contributed by atoms with E-state index in [1.165, 1.54) is 18.2 Å². The first kappa shape index (κ1) is 17.4.